The van der Waals surface area contributed by atoms with Crippen LogP contribution in [0.25, 0.3) is 11.0 Å². The zero-order valence-electron chi connectivity index (χ0n) is 17.1. The van der Waals surface area contributed by atoms with Gasteiger partial charge in [-0.05, 0) is 57.4 Å². The molecular weight excluding hydrogens is 366 g/mol. The van der Waals surface area contributed by atoms with Gasteiger partial charge in [0, 0.05) is 36.0 Å². The Hall–Kier alpha value is -3.22. The molecule has 0 aliphatic heterocycles. The van der Waals surface area contributed by atoms with Crippen LogP contribution in [0.5, 0.6) is 0 Å². The number of hydrogen-bond acceptors (Lipinski definition) is 4. The van der Waals surface area contributed by atoms with Gasteiger partial charge >= 0.3 is 0 Å². The standard InChI is InChI=1S/C22H25N5O2/c1-12(2)27-21-17(11-23-27)16(10-20(25-21)15-8-9-15)22(29)26-19-7-5-6-18(13(19)3)24-14(4)28/h5-7,10-12,15H,8-9H2,1-4H3,(H,24,28)(H,26,29). The van der Waals surface area contributed by atoms with Gasteiger partial charge in [-0.1, -0.05) is 6.07 Å². The Morgan fingerprint density at radius 2 is 1.86 bits per heavy atom. The number of fused-ring (bicyclic) bond motifs is 1. The molecule has 7 nitrogen and oxygen atoms in total. The first-order valence-corrected chi connectivity index (χ1v) is 9.92. The molecule has 1 saturated carbocycles. The lowest BCUT2D eigenvalue weighted by molar-refractivity contribution is -0.114. The van der Waals surface area contributed by atoms with Gasteiger partial charge in [0.1, 0.15) is 0 Å². The van der Waals surface area contributed by atoms with Crippen LogP contribution in [0.1, 0.15) is 67.2 Å². The van der Waals surface area contributed by atoms with Crippen molar-refractivity contribution in [1.29, 1.82) is 0 Å². The molecule has 1 aliphatic rings. The summed E-state index contributed by atoms with van der Waals surface area (Å²) in [6, 6.07) is 7.50. The SMILES string of the molecule is CC(=O)Nc1cccc(NC(=O)c2cc(C3CC3)nc3c2cnn3C(C)C)c1C. The molecule has 2 aromatic heterocycles. The number of nitrogens with one attached hydrogen (secondary N) is 2. The number of benzene rings is 1. The molecule has 1 aromatic carbocycles. The third-order valence-electron chi connectivity index (χ3n) is 5.21. The van der Waals surface area contributed by atoms with Crippen LogP contribution in [0.4, 0.5) is 11.4 Å². The first-order valence-electron chi connectivity index (χ1n) is 9.92. The predicted octanol–water partition coefficient (Wildman–Crippen LogP) is 4.41. The largest absolute Gasteiger partial charge is 0.326 e. The Balaban J connectivity index is 1.73. The van der Waals surface area contributed by atoms with Crippen LogP contribution in [0.2, 0.25) is 0 Å². The Morgan fingerprint density at radius 3 is 2.48 bits per heavy atom. The summed E-state index contributed by atoms with van der Waals surface area (Å²) in [6.07, 6.45) is 3.93. The van der Waals surface area contributed by atoms with Crippen LogP contribution < -0.4 is 10.6 Å². The molecule has 3 aromatic rings. The summed E-state index contributed by atoms with van der Waals surface area (Å²) in [5, 5.41) is 11.0. The molecule has 29 heavy (non-hydrogen) atoms. The van der Waals surface area contributed by atoms with Gasteiger partial charge in [0.2, 0.25) is 5.91 Å². The van der Waals surface area contributed by atoms with Crippen molar-refractivity contribution in [3.05, 3.63) is 47.3 Å². The minimum Gasteiger partial charge on any atom is -0.326 e. The number of carbonyl (C=O) groups excluding carboxylic acids is 2. The van der Waals surface area contributed by atoms with E-state index < -0.39 is 0 Å². The monoisotopic (exact) mass is 391 g/mol. The van der Waals surface area contributed by atoms with Crippen LogP contribution in [0.3, 0.4) is 0 Å². The second kappa shape index (κ2) is 7.31. The first kappa shape index (κ1) is 19.1. The summed E-state index contributed by atoms with van der Waals surface area (Å²) in [7, 11) is 0. The zero-order valence-corrected chi connectivity index (χ0v) is 17.1. The van der Waals surface area contributed by atoms with Crippen LogP contribution in [0.15, 0.2) is 30.5 Å². The lowest BCUT2D eigenvalue weighted by Gasteiger charge is -2.14. The average molecular weight is 391 g/mol. The highest BCUT2D eigenvalue weighted by Crippen LogP contribution is 2.40. The maximum Gasteiger partial charge on any atom is 0.256 e. The Morgan fingerprint density at radius 1 is 1.17 bits per heavy atom. The van der Waals surface area contributed by atoms with E-state index in [-0.39, 0.29) is 17.9 Å². The molecule has 0 spiro atoms. The minimum atomic E-state index is -0.203. The highest BCUT2D eigenvalue weighted by Gasteiger charge is 2.28. The summed E-state index contributed by atoms with van der Waals surface area (Å²) < 4.78 is 1.86. The number of carbonyl (C=O) groups is 2. The van der Waals surface area contributed by atoms with E-state index in [1.165, 1.54) is 6.92 Å². The van der Waals surface area contributed by atoms with Crippen molar-refractivity contribution in [3.63, 3.8) is 0 Å². The molecule has 0 bridgehead atoms. The van der Waals surface area contributed by atoms with Gasteiger partial charge in [0.25, 0.3) is 5.91 Å². The number of pyridine rings is 1. The molecule has 0 saturated heterocycles. The molecular formula is C22H25N5O2. The van der Waals surface area contributed by atoms with E-state index in [9.17, 15) is 9.59 Å². The number of hydrogen-bond donors (Lipinski definition) is 2. The van der Waals surface area contributed by atoms with E-state index >= 15 is 0 Å². The molecule has 2 N–H and O–H groups in total. The summed E-state index contributed by atoms with van der Waals surface area (Å²) in [6.45, 7) is 7.43. The normalized spacial score (nSPS) is 13.7. The van der Waals surface area contributed by atoms with Crippen LogP contribution in [-0.4, -0.2) is 26.6 Å². The van der Waals surface area contributed by atoms with E-state index in [1.54, 1.807) is 6.20 Å². The number of anilines is 2. The van der Waals surface area contributed by atoms with Gasteiger partial charge in [-0.25, -0.2) is 9.67 Å². The summed E-state index contributed by atoms with van der Waals surface area (Å²) in [5.74, 6) is 0.0690. The zero-order chi connectivity index (χ0) is 20.7. The van der Waals surface area contributed by atoms with E-state index in [1.807, 2.05) is 35.9 Å². The molecule has 2 amide bonds. The molecule has 150 valence electrons. The number of nitrogens with zero attached hydrogens (tertiary/aromatic N) is 3. The van der Waals surface area contributed by atoms with Crippen LogP contribution >= 0.6 is 0 Å². The van der Waals surface area contributed by atoms with Gasteiger partial charge < -0.3 is 10.6 Å². The minimum absolute atomic E-state index is 0.150. The van der Waals surface area contributed by atoms with Crippen molar-refractivity contribution in [3.8, 4) is 0 Å². The molecule has 0 atom stereocenters. The fourth-order valence-corrected chi connectivity index (χ4v) is 3.48. The summed E-state index contributed by atoms with van der Waals surface area (Å²) in [5.41, 5.74) is 4.43. The fourth-order valence-electron chi connectivity index (χ4n) is 3.48. The van der Waals surface area contributed by atoms with Crippen molar-refractivity contribution in [2.75, 3.05) is 10.6 Å². The molecule has 0 radical (unpaired) electrons. The Kier molecular flexibility index (Phi) is 4.82. The van der Waals surface area contributed by atoms with E-state index in [0.29, 0.717) is 22.9 Å². The second-order valence-electron chi connectivity index (χ2n) is 7.90. The number of amides is 2. The van der Waals surface area contributed by atoms with Crippen molar-refractivity contribution in [2.24, 2.45) is 0 Å². The summed E-state index contributed by atoms with van der Waals surface area (Å²) in [4.78, 5) is 29.4. The van der Waals surface area contributed by atoms with E-state index in [4.69, 9.17) is 4.98 Å². The quantitative estimate of drug-likeness (QED) is 0.674. The maximum atomic E-state index is 13.2. The van der Waals surface area contributed by atoms with Crippen molar-refractivity contribution in [2.45, 2.75) is 52.5 Å². The van der Waals surface area contributed by atoms with Crippen LogP contribution in [0, 0.1) is 6.92 Å². The highest BCUT2D eigenvalue weighted by molar-refractivity contribution is 6.12. The van der Waals surface area contributed by atoms with Gasteiger partial charge in [0.15, 0.2) is 5.65 Å². The Bertz CT molecular complexity index is 1110. The van der Waals surface area contributed by atoms with Crippen molar-refractivity contribution in [1.82, 2.24) is 14.8 Å². The average Bonchev–Trinajstić information content (AvgIpc) is 3.42. The lowest BCUT2D eigenvalue weighted by atomic mass is 10.1. The Labute approximate surface area is 169 Å². The van der Waals surface area contributed by atoms with Gasteiger partial charge in [-0.15, -0.1) is 0 Å². The van der Waals surface area contributed by atoms with Crippen molar-refractivity contribution < 1.29 is 9.59 Å². The molecule has 2 heterocycles. The number of rotatable bonds is 5. The third-order valence-corrected chi connectivity index (χ3v) is 5.21. The van der Waals surface area contributed by atoms with E-state index in [2.05, 4.69) is 29.6 Å². The molecule has 7 heteroatoms. The van der Waals surface area contributed by atoms with Crippen molar-refractivity contribution >= 4 is 34.2 Å². The lowest BCUT2D eigenvalue weighted by Crippen LogP contribution is -2.15. The summed E-state index contributed by atoms with van der Waals surface area (Å²) >= 11 is 0. The third kappa shape index (κ3) is 3.72. The van der Waals surface area contributed by atoms with Gasteiger partial charge in [-0.3, -0.25) is 9.59 Å². The van der Waals surface area contributed by atoms with Gasteiger partial charge in [0.05, 0.1) is 17.1 Å². The maximum absolute atomic E-state index is 13.2. The van der Waals surface area contributed by atoms with Crippen LogP contribution in [-0.2, 0) is 4.79 Å². The van der Waals surface area contributed by atoms with Gasteiger partial charge in [-0.2, -0.15) is 5.10 Å². The molecule has 4 rings (SSSR count). The topological polar surface area (TPSA) is 88.9 Å². The molecule has 1 aliphatic carbocycles. The molecule has 0 unspecified atom stereocenters. The van der Waals surface area contributed by atoms with E-state index in [0.717, 1.165) is 35.1 Å². The highest BCUT2D eigenvalue weighted by atomic mass is 16.2. The number of aromatic nitrogens is 3. The first-order chi connectivity index (χ1) is 13.8. The fraction of sp³-hybridized carbons (Fsp3) is 0.364. The molecule has 1 fully saturated rings. The smallest absolute Gasteiger partial charge is 0.256 e. The predicted molar refractivity (Wildman–Crippen MR) is 113 cm³/mol. The second-order valence-corrected chi connectivity index (χ2v) is 7.90.